The minimum Gasteiger partial charge on any atom is -0.0837 e. The second-order valence-electron chi connectivity index (χ2n) is 5.06. The van der Waals surface area contributed by atoms with Crippen LogP contribution in [-0.2, 0) is 12.8 Å². The van der Waals surface area contributed by atoms with E-state index in [1.54, 1.807) is 0 Å². The molecule has 0 N–H and O–H groups in total. The average Bonchev–Trinajstić information content (AvgIpc) is 2.40. The van der Waals surface area contributed by atoms with Crippen LogP contribution in [-0.4, -0.2) is 0 Å². The Morgan fingerprint density at radius 1 is 1.12 bits per heavy atom. The number of rotatable bonds is 4. The lowest BCUT2D eigenvalue weighted by atomic mass is 9.74. The van der Waals surface area contributed by atoms with E-state index in [2.05, 4.69) is 62.4 Å². The number of aryl methyl sites for hydroxylation is 1. The van der Waals surface area contributed by atoms with Crippen molar-refractivity contribution in [3.8, 4) is 0 Å². The van der Waals surface area contributed by atoms with Crippen LogP contribution >= 0.6 is 0 Å². The van der Waals surface area contributed by atoms with Gasteiger partial charge in [-0.3, -0.25) is 0 Å². The maximum Gasteiger partial charge on any atom is -0.00428 e. The molecule has 90 valence electrons. The summed E-state index contributed by atoms with van der Waals surface area (Å²) in [6, 6.07) is 9.05. The van der Waals surface area contributed by atoms with Crippen LogP contribution in [0.1, 0.15) is 37.8 Å². The highest BCUT2D eigenvalue weighted by Gasteiger charge is 2.25. The first-order chi connectivity index (χ1) is 8.28. The van der Waals surface area contributed by atoms with Crippen LogP contribution in [0.5, 0.6) is 0 Å². The highest BCUT2D eigenvalue weighted by Crippen LogP contribution is 2.35. The van der Waals surface area contributed by atoms with Gasteiger partial charge in [-0.25, -0.2) is 0 Å². The van der Waals surface area contributed by atoms with E-state index >= 15 is 0 Å². The Morgan fingerprint density at radius 3 is 2.59 bits per heavy atom. The van der Waals surface area contributed by atoms with E-state index in [0.717, 1.165) is 12.8 Å². The van der Waals surface area contributed by atoms with Gasteiger partial charge in [-0.2, -0.15) is 0 Å². The van der Waals surface area contributed by atoms with Crippen LogP contribution in [0, 0.1) is 5.41 Å². The number of benzene rings is 1. The van der Waals surface area contributed by atoms with Crippen molar-refractivity contribution < 1.29 is 0 Å². The summed E-state index contributed by atoms with van der Waals surface area (Å²) in [4.78, 5) is 0. The SMILES string of the molecule is CCc1cccc(CC2(CC)C=CC=CC2)c1. The molecule has 0 spiro atoms. The molecule has 0 bridgehead atoms. The first-order valence-corrected chi connectivity index (χ1v) is 6.70. The van der Waals surface area contributed by atoms with Gasteiger partial charge in [0.1, 0.15) is 0 Å². The number of allylic oxidation sites excluding steroid dienone is 4. The summed E-state index contributed by atoms with van der Waals surface area (Å²) in [5, 5.41) is 0. The fourth-order valence-corrected chi connectivity index (χ4v) is 2.59. The van der Waals surface area contributed by atoms with E-state index in [4.69, 9.17) is 0 Å². The second kappa shape index (κ2) is 5.35. The Bertz CT molecular complexity index is 425. The van der Waals surface area contributed by atoms with Crippen molar-refractivity contribution in [1.82, 2.24) is 0 Å². The molecule has 1 unspecified atom stereocenters. The maximum atomic E-state index is 2.39. The van der Waals surface area contributed by atoms with Crippen molar-refractivity contribution in [2.75, 3.05) is 0 Å². The molecule has 0 fully saturated rings. The van der Waals surface area contributed by atoms with Crippen LogP contribution in [0.2, 0.25) is 0 Å². The van der Waals surface area contributed by atoms with E-state index in [-0.39, 0.29) is 0 Å². The molecule has 1 atom stereocenters. The summed E-state index contributed by atoms with van der Waals surface area (Å²) in [6.07, 6.45) is 13.7. The molecule has 2 rings (SSSR count). The summed E-state index contributed by atoms with van der Waals surface area (Å²) in [6.45, 7) is 4.52. The molecule has 17 heavy (non-hydrogen) atoms. The zero-order chi connectivity index (χ0) is 12.1. The summed E-state index contributed by atoms with van der Waals surface area (Å²) in [5.41, 5.74) is 3.27. The molecular formula is C17H22. The zero-order valence-electron chi connectivity index (χ0n) is 10.9. The smallest absolute Gasteiger partial charge is 0.00428 e. The third kappa shape index (κ3) is 2.88. The quantitative estimate of drug-likeness (QED) is 0.698. The second-order valence-corrected chi connectivity index (χ2v) is 5.06. The molecule has 0 aromatic heterocycles. The molecule has 0 amide bonds. The van der Waals surface area contributed by atoms with Crippen LogP contribution in [0.15, 0.2) is 48.6 Å². The third-order valence-electron chi connectivity index (χ3n) is 3.88. The highest BCUT2D eigenvalue weighted by molar-refractivity contribution is 5.27. The van der Waals surface area contributed by atoms with E-state index < -0.39 is 0 Å². The summed E-state index contributed by atoms with van der Waals surface area (Å²) in [5.74, 6) is 0. The Balaban J connectivity index is 2.18. The van der Waals surface area contributed by atoms with Crippen LogP contribution in [0.25, 0.3) is 0 Å². The molecule has 0 heteroatoms. The minimum absolute atomic E-state index is 0.348. The average molecular weight is 226 g/mol. The molecule has 1 aromatic rings. The summed E-state index contributed by atoms with van der Waals surface area (Å²) < 4.78 is 0. The molecule has 0 aliphatic heterocycles. The largest absolute Gasteiger partial charge is 0.0837 e. The Morgan fingerprint density at radius 2 is 1.94 bits per heavy atom. The van der Waals surface area contributed by atoms with Crippen molar-refractivity contribution in [2.24, 2.45) is 5.41 Å². The summed E-state index contributed by atoms with van der Waals surface area (Å²) in [7, 11) is 0. The predicted octanol–water partition coefficient (Wildman–Crippen LogP) is 4.70. The summed E-state index contributed by atoms with van der Waals surface area (Å²) >= 11 is 0. The fraction of sp³-hybridized carbons (Fsp3) is 0.412. The van der Waals surface area contributed by atoms with Gasteiger partial charge in [-0.15, -0.1) is 0 Å². The third-order valence-corrected chi connectivity index (χ3v) is 3.88. The molecule has 0 nitrogen and oxygen atoms in total. The van der Waals surface area contributed by atoms with Crippen LogP contribution in [0.3, 0.4) is 0 Å². The van der Waals surface area contributed by atoms with Crippen LogP contribution < -0.4 is 0 Å². The zero-order valence-corrected chi connectivity index (χ0v) is 10.9. The van der Waals surface area contributed by atoms with Gasteiger partial charge in [0.2, 0.25) is 0 Å². The van der Waals surface area contributed by atoms with Gasteiger partial charge in [0.25, 0.3) is 0 Å². The van der Waals surface area contributed by atoms with Gasteiger partial charge in [-0.1, -0.05) is 62.4 Å². The normalized spacial score (nSPS) is 22.9. The van der Waals surface area contributed by atoms with Crippen molar-refractivity contribution in [3.05, 3.63) is 59.7 Å². The van der Waals surface area contributed by atoms with Crippen molar-refractivity contribution >= 4 is 0 Å². The first-order valence-electron chi connectivity index (χ1n) is 6.70. The monoisotopic (exact) mass is 226 g/mol. The predicted molar refractivity (Wildman–Crippen MR) is 75.1 cm³/mol. The lowest BCUT2D eigenvalue weighted by Crippen LogP contribution is -2.20. The van der Waals surface area contributed by atoms with Crippen molar-refractivity contribution in [2.45, 2.75) is 39.5 Å². The van der Waals surface area contributed by atoms with E-state index in [1.165, 1.54) is 24.0 Å². The molecule has 1 aliphatic carbocycles. The molecular weight excluding hydrogens is 204 g/mol. The topological polar surface area (TPSA) is 0 Å². The van der Waals surface area contributed by atoms with Crippen molar-refractivity contribution in [1.29, 1.82) is 0 Å². The van der Waals surface area contributed by atoms with Gasteiger partial charge >= 0.3 is 0 Å². The van der Waals surface area contributed by atoms with E-state index in [9.17, 15) is 0 Å². The number of hydrogen-bond donors (Lipinski definition) is 0. The maximum absolute atomic E-state index is 2.39. The highest BCUT2D eigenvalue weighted by atomic mass is 14.3. The fourth-order valence-electron chi connectivity index (χ4n) is 2.59. The Kier molecular flexibility index (Phi) is 3.83. The molecule has 0 heterocycles. The number of hydrogen-bond acceptors (Lipinski definition) is 0. The molecule has 0 radical (unpaired) electrons. The molecule has 1 aliphatic rings. The van der Waals surface area contributed by atoms with Gasteiger partial charge in [0.15, 0.2) is 0 Å². The standard InChI is InChI=1S/C17H22/c1-3-15-9-8-10-16(13-15)14-17(4-2)11-6-5-7-12-17/h5-11,13H,3-4,12,14H2,1-2H3. The minimum atomic E-state index is 0.348. The van der Waals surface area contributed by atoms with Gasteiger partial charge in [-0.05, 0) is 42.2 Å². The van der Waals surface area contributed by atoms with E-state index in [1.807, 2.05) is 0 Å². The molecule has 1 aromatic carbocycles. The lowest BCUT2D eigenvalue weighted by Gasteiger charge is -2.30. The Hall–Kier alpha value is -1.30. The molecule has 0 saturated heterocycles. The molecule has 0 saturated carbocycles. The van der Waals surface area contributed by atoms with Gasteiger partial charge < -0.3 is 0 Å². The first kappa shape index (κ1) is 12.2. The van der Waals surface area contributed by atoms with Gasteiger partial charge in [0, 0.05) is 0 Å². The van der Waals surface area contributed by atoms with Crippen LogP contribution in [0.4, 0.5) is 0 Å². The van der Waals surface area contributed by atoms with Gasteiger partial charge in [0.05, 0.1) is 0 Å². The van der Waals surface area contributed by atoms with E-state index in [0.29, 0.717) is 5.41 Å². The van der Waals surface area contributed by atoms with Crippen molar-refractivity contribution in [3.63, 3.8) is 0 Å². The Labute approximate surface area is 105 Å². The lowest BCUT2D eigenvalue weighted by molar-refractivity contribution is 0.365.